The van der Waals surface area contributed by atoms with Gasteiger partial charge in [-0.1, -0.05) is 53.4 Å². The van der Waals surface area contributed by atoms with Crippen molar-refractivity contribution < 1.29 is 41.8 Å². The molecule has 0 aliphatic rings. The molecule has 0 radical (unpaired) electrons. The molecule has 160 valence electrons. The van der Waals surface area contributed by atoms with Crippen molar-refractivity contribution in [3.05, 3.63) is 0 Å². The van der Waals surface area contributed by atoms with Crippen LogP contribution >= 0.6 is 0 Å². The predicted molar refractivity (Wildman–Crippen MR) is 90.7 cm³/mol. The number of halogens is 4. The van der Waals surface area contributed by atoms with E-state index >= 15 is 0 Å². The second-order valence-corrected chi connectivity index (χ2v) is 4.83. The molecule has 0 saturated heterocycles. The molecule has 0 unspecified atom stereocenters. The Morgan fingerprint density at radius 2 is 0.500 bits per heavy atom. The van der Waals surface area contributed by atoms with E-state index in [1.165, 1.54) is 51.4 Å². The highest BCUT2D eigenvalue weighted by Crippen LogP contribution is 1.77. The van der Waals surface area contributed by atoms with Crippen LogP contribution in [0.4, 0.5) is 0 Å². The van der Waals surface area contributed by atoms with E-state index in [4.69, 9.17) is 0 Å². The van der Waals surface area contributed by atoms with Gasteiger partial charge < -0.3 is 41.8 Å². The number of hydrogen-bond donors (Lipinski definition) is 4. The van der Waals surface area contributed by atoms with Crippen LogP contribution in [0.15, 0.2) is 0 Å². The Morgan fingerprint density at radius 3 is 0.500 bits per heavy atom. The highest BCUT2D eigenvalue weighted by atomic mass is 19.0. The Balaban J connectivity index is -0.0000000225. The first-order valence-corrected chi connectivity index (χ1v) is 8.83. The van der Waals surface area contributed by atoms with Crippen molar-refractivity contribution in [3.63, 3.8) is 0 Å². The van der Waals surface area contributed by atoms with E-state index in [-0.39, 0.29) is 18.8 Å². The third-order valence-corrected chi connectivity index (χ3v) is 2.41. The molecule has 0 amide bonds. The lowest BCUT2D eigenvalue weighted by molar-refractivity contribution is -0.368. The van der Waals surface area contributed by atoms with Crippen molar-refractivity contribution in [2.75, 3.05) is 26.2 Å². The third kappa shape index (κ3) is 159. The van der Waals surface area contributed by atoms with Gasteiger partial charge in [0.25, 0.3) is 0 Å². The van der Waals surface area contributed by atoms with Gasteiger partial charge in [-0.3, -0.25) is 0 Å². The fourth-order valence-electron chi connectivity index (χ4n) is 1.000. The van der Waals surface area contributed by atoms with E-state index in [2.05, 4.69) is 50.6 Å². The Bertz CT molecular complexity index is 84.1. The highest BCUT2D eigenvalue weighted by Gasteiger charge is 1.72. The monoisotopic (exact) mass is 372 g/mol. The molecular formula is C16H48F4N4. The molecule has 0 aliphatic carbocycles. The summed E-state index contributed by atoms with van der Waals surface area (Å²) in [6.07, 6.45) is 10.2. The van der Waals surface area contributed by atoms with Crippen molar-refractivity contribution in [1.29, 1.82) is 0 Å². The number of unbranched alkanes of at least 4 members (excludes halogenated alkanes) is 4. The molecule has 0 aromatic carbocycles. The van der Waals surface area contributed by atoms with Crippen molar-refractivity contribution in [1.82, 2.24) is 0 Å². The van der Waals surface area contributed by atoms with Gasteiger partial charge in [0.2, 0.25) is 0 Å². The SMILES string of the molecule is CCCC[NH3+].CCCC[NH3+].CCCC[NH3+].CCCC[NH3+].[F-].[F-].[F-].[F-]. The minimum absolute atomic E-state index is 0. The van der Waals surface area contributed by atoms with Crippen LogP contribution in [0.5, 0.6) is 0 Å². The van der Waals surface area contributed by atoms with Crippen LogP contribution in [-0.2, 0) is 0 Å². The molecule has 0 aromatic rings. The quantitative estimate of drug-likeness (QED) is 0.304. The van der Waals surface area contributed by atoms with Crippen LogP contribution in [-0.4, -0.2) is 26.2 Å². The van der Waals surface area contributed by atoms with Crippen LogP contribution in [0.25, 0.3) is 0 Å². The molecule has 0 heterocycles. The average molecular weight is 373 g/mol. The van der Waals surface area contributed by atoms with Crippen LogP contribution < -0.4 is 41.8 Å². The lowest BCUT2D eigenvalue weighted by Gasteiger charge is -1.77. The lowest BCUT2D eigenvalue weighted by Crippen LogP contribution is -3.00. The maximum atomic E-state index is 3.68. The summed E-state index contributed by atoms with van der Waals surface area (Å²) in [6, 6.07) is 0. The molecule has 4 nitrogen and oxygen atoms in total. The summed E-state index contributed by atoms with van der Waals surface area (Å²) in [5, 5.41) is 0. The molecule has 8 heteroatoms. The van der Waals surface area contributed by atoms with Crippen molar-refractivity contribution in [3.8, 4) is 0 Å². The Hall–Kier alpha value is -0.440. The predicted octanol–water partition coefficient (Wildman–Crippen LogP) is -11.9. The van der Waals surface area contributed by atoms with E-state index in [0.29, 0.717) is 0 Å². The fourth-order valence-corrected chi connectivity index (χ4v) is 1.000. The second-order valence-electron chi connectivity index (χ2n) is 4.83. The average Bonchev–Trinajstić information content (AvgIpc) is 2.44. The smallest absolute Gasteiger partial charge is 0.0739 e. The zero-order chi connectivity index (χ0) is 16.5. The molecule has 12 N–H and O–H groups in total. The largest absolute Gasteiger partial charge is 1.00 e. The zero-order valence-corrected chi connectivity index (χ0v) is 16.8. The van der Waals surface area contributed by atoms with E-state index in [1.807, 2.05) is 0 Å². The zero-order valence-electron chi connectivity index (χ0n) is 16.8. The minimum atomic E-state index is 0. The molecule has 0 fully saturated rings. The number of rotatable bonds is 8. The van der Waals surface area contributed by atoms with E-state index in [0.717, 1.165) is 26.2 Å². The summed E-state index contributed by atoms with van der Waals surface area (Å²) >= 11 is 0. The summed E-state index contributed by atoms with van der Waals surface area (Å²) in [5.74, 6) is 0. The van der Waals surface area contributed by atoms with Gasteiger partial charge in [-0.05, 0) is 25.7 Å². The molecule has 24 heavy (non-hydrogen) atoms. The van der Waals surface area contributed by atoms with Crippen LogP contribution in [0, 0.1) is 0 Å². The second kappa shape index (κ2) is 78.5. The van der Waals surface area contributed by atoms with Gasteiger partial charge in [-0.25, -0.2) is 0 Å². The Kier molecular flexibility index (Phi) is 162. The normalized spacial score (nSPS) is 7.00. The third-order valence-electron chi connectivity index (χ3n) is 2.41. The summed E-state index contributed by atoms with van der Waals surface area (Å²) in [7, 11) is 0. The fraction of sp³-hybridized carbons (Fsp3) is 1.00. The molecule has 0 spiro atoms. The molecule has 0 saturated carbocycles. The standard InChI is InChI=1S/4C4H11N.4FH/c4*1-2-3-4-5;;;;/h4*2-5H2,1H3;4*1H. The lowest BCUT2D eigenvalue weighted by atomic mass is 10.3. The topological polar surface area (TPSA) is 111 Å². The van der Waals surface area contributed by atoms with Gasteiger partial charge in [-0.15, -0.1) is 0 Å². The van der Waals surface area contributed by atoms with Crippen molar-refractivity contribution in [2.24, 2.45) is 0 Å². The summed E-state index contributed by atoms with van der Waals surface area (Å²) in [5.41, 5.74) is 14.7. The van der Waals surface area contributed by atoms with Gasteiger partial charge in [0.15, 0.2) is 0 Å². The van der Waals surface area contributed by atoms with Crippen molar-refractivity contribution in [2.45, 2.75) is 79.1 Å². The van der Waals surface area contributed by atoms with Gasteiger partial charge in [0, 0.05) is 0 Å². The van der Waals surface area contributed by atoms with Crippen molar-refractivity contribution >= 4 is 0 Å². The maximum absolute atomic E-state index is 3.68. The highest BCUT2D eigenvalue weighted by molar-refractivity contribution is 4.23. The van der Waals surface area contributed by atoms with Crippen LogP contribution in [0.1, 0.15) is 79.1 Å². The van der Waals surface area contributed by atoms with E-state index < -0.39 is 0 Å². The van der Waals surface area contributed by atoms with Crippen LogP contribution in [0.2, 0.25) is 0 Å². The summed E-state index contributed by atoms with van der Waals surface area (Å²) < 4.78 is 0. The molecule has 0 aliphatic heterocycles. The van der Waals surface area contributed by atoms with E-state index in [1.54, 1.807) is 0 Å². The number of quaternary nitrogens is 4. The summed E-state index contributed by atoms with van der Waals surface area (Å²) in [4.78, 5) is 0. The first-order valence-electron chi connectivity index (χ1n) is 8.83. The number of hydrogen-bond acceptors (Lipinski definition) is 0. The van der Waals surface area contributed by atoms with Gasteiger partial charge in [-0.2, -0.15) is 0 Å². The van der Waals surface area contributed by atoms with Gasteiger partial charge in [0.1, 0.15) is 0 Å². The first kappa shape index (κ1) is 49.5. The molecular weight excluding hydrogens is 324 g/mol. The molecule has 0 aromatic heterocycles. The van der Waals surface area contributed by atoms with E-state index in [9.17, 15) is 0 Å². The van der Waals surface area contributed by atoms with Gasteiger partial charge in [0.05, 0.1) is 26.2 Å². The molecule has 0 bridgehead atoms. The van der Waals surface area contributed by atoms with Gasteiger partial charge >= 0.3 is 0 Å². The Morgan fingerprint density at radius 1 is 0.375 bits per heavy atom. The first-order chi connectivity index (χ1) is 9.66. The molecule has 0 atom stereocenters. The molecule has 0 rings (SSSR count). The van der Waals surface area contributed by atoms with Crippen LogP contribution in [0.3, 0.4) is 0 Å². The Labute approximate surface area is 148 Å². The minimum Gasteiger partial charge on any atom is -1.00 e. The summed E-state index contributed by atoms with van der Waals surface area (Å²) in [6.45, 7) is 13.1. The maximum Gasteiger partial charge on any atom is 0.0739 e.